The third-order valence-corrected chi connectivity index (χ3v) is 2.26. The molecule has 0 heterocycles. The van der Waals surface area contributed by atoms with Crippen molar-refractivity contribution in [3.05, 3.63) is 29.3 Å². The maximum Gasteiger partial charge on any atom is 0.327 e. The van der Waals surface area contributed by atoms with Crippen LogP contribution in [0.1, 0.15) is 17.0 Å². The summed E-state index contributed by atoms with van der Waals surface area (Å²) in [5, 5.41) is 8.99. The average Bonchev–Trinajstić information content (AvgIpc) is 2.30. The average molecular weight is 219 g/mol. The second-order valence-electron chi connectivity index (χ2n) is 3.33. The molecule has 0 N–H and O–H groups in total. The molecular formula is C12H13NO3. The van der Waals surface area contributed by atoms with Crippen LogP contribution in [0, 0.1) is 18.3 Å². The first kappa shape index (κ1) is 12.1. The number of hydrogen-bond donors (Lipinski definition) is 0. The van der Waals surface area contributed by atoms with Crippen LogP contribution in [0.4, 0.5) is 0 Å². The maximum absolute atomic E-state index is 11.4. The fourth-order valence-electron chi connectivity index (χ4n) is 1.45. The van der Waals surface area contributed by atoms with Gasteiger partial charge in [-0.2, -0.15) is 5.26 Å². The number of hydrogen-bond acceptors (Lipinski definition) is 4. The topological polar surface area (TPSA) is 59.3 Å². The fourth-order valence-corrected chi connectivity index (χ4v) is 1.45. The van der Waals surface area contributed by atoms with Crippen molar-refractivity contribution in [2.45, 2.75) is 12.8 Å². The van der Waals surface area contributed by atoms with Crippen LogP contribution >= 0.6 is 0 Å². The summed E-state index contributed by atoms with van der Waals surface area (Å²) in [7, 11) is 2.76. The van der Waals surface area contributed by atoms with Gasteiger partial charge < -0.3 is 9.47 Å². The molecule has 0 saturated heterocycles. The molecule has 0 aliphatic rings. The zero-order chi connectivity index (χ0) is 12.1. The molecule has 0 amide bonds. The van der Waals surface area contributed by atoms with E-state index in [4.69, 9.17) is 10.00 Å². The first-order chi connectivity index (χ1) is 7.63. The summed E-state index contributed by atoms with van der Waals surface area (Å²) in [4.78, 5) is 11.4. The van der Waals surface area contributed by atoms with Crippen LogP contribution in [0.2, 0.25) is 0 Å². The lowest BCUT2D eigenvalue weighted by Gasteiger charge is -2.12. The second-order valence-corrected chi connectivity index (χ2v) is 3.33. The molecule has 1 aromatic rings. The number of rotatable bonds is 3. The Morgan fingerprint density at radius 2 is 2.12 bits per heavy atom. The SMILES string of the molecule is COC(=O)C(C#N)c1cc(C)ccc1OC. The van der Waals surface area contributed by atoms with Gasteiger partial charge in [0.2, 0.25) is 0 Å². The first-order valence-corrected chi connectivity index (χ1v) is 4.76. The third kappa shape index (κ3) is 2.31. The quantitative estimate of drug-likeness (QED) is 0.727. The van der Waals surface area contributed by atoms with Crippen molar-refractivity contribution in [1.82, 2.24) is 0 Å². The van der Waals surface area contributed by atoms with Crippen molar-refractivity contribution < 1.29 is 14.3 Å². The maximum atomic E-state index is 11.4. The number of carbonyl (C=O) groups is 1. The van der Waals surface area contributed by atoms with E-state index < -0.39 is 11.9 Å². The highest BCUT2D eigenvalue weighted by Gasteiger charge is 2.24. The molecule has 4 nitrogen and oxygen atoms in total. The van der Waals surface area contributed by atoms with Gasteiger partial charge in [0.1, 0.15) is 5.75 Å². The third-order valence-electron chi connectivity index (χ3n) is 2.26. The zero-order valence-corrected chi connectivity index (χ0v) is 9.48. The van der Waals surface area contributed by atoms with Gasteiger partial charge in [-0.15, -0.1) is 0 Å². The van der Waals surface area contributed by atoms with Crippen LogP contribution in [0.3, 0.4) is 0 Å². The minimum atomic E-state index is -0.945. The lowest BCUT2D eigenvalue weighted by Crippen LogP contribution is -2.13. The van der Waals surface area contributed by atoms with Gasteiger partial charge in [-0.25, -0.2) is 0 Å². The Morgan fingerprint density at radius 3 is 2.62 bits per heavy atom. The lowest BCUT2D eigenvalue weighted by molar-refractivity contribution is -0.141. The van der Waals surface area contributed by atoms with Crippen LogP contribution in [0.25, 0.3) is 0 Å². The highest BCUT2D eigenvalue weighted by Crippen LogP contribution is 2.28. The molecule has 1 aromatic carbocycles. The first-order valence-electron chi connectivity index (χ1n) is 4.76. The van der Waals surface area contributed by atoms with Crippen molar-refractivity contribution in [2.75, 3.05) is 14.2 Å². The molecule has 0 saturated carbocycles. The van der Waals surface area contributed by atoms with Gasteiger partial charge in [-0.1, -0.05) is 17.7 Å². The van der Waals surface area contributed by atoms with Crippen LogP contribution in [0.5, 0.6) is 5.75 Å². The van der Waals surface area contributed by atoms with Gasteiger partial charge in [-0.3, -0.25) is 4.79 Å². The summed E-state index contributed by atoms with van der Waals surface area (Å²) in [6.07, 6.45) is 0. The van der Waals surface area contributed by atoms with Crippen molar-refractivity contribution in [1.29, 1.82) is 5.26 Å². The van der Waals surface area contributed by atoms with Crippen molar-refractivity contribution in [3.63, 3.8) is 0 Å². The molecule has 0 aliphatic heterocycles. The van der Waals surface area contributed by atoms with Crippen LogP contribution in [0.15, 0.2) is 18.2 Å². The summed E-state index contributed by atoms with van der Waals surface area (Å²) in [5.74, 6) is -1.01. The Hall–Kier alpha value is -2.02. The Bertz CT molecular complexity index is 434. The fraction of sp³-hybridized carbons (Fsp3) is 0.333. The molecule has 1 atom stereocenters. The minimum absolute atomic E-state index is 0.516. The Balaban J connectivity index is 3.23. The lowest BCUT2D eigenvalue weighted by atomic mass is 9.98. The molecule has 4 heteroatoms. The van der Waals surface area contributed by atoms with E-state index in [0.29, 0.717) is 11.3 Å². The summed E-state index contributed by atoms with van der Waals surface area (Å²) >= 11 is 0. The van der Waals surface area contributed by atoms with Crippen molar-refractivity contribution in [3.8, 4) is 11.8 Å². The van der Waals surface area contributed by atoms with Crippen LogP contribution in [-0.2, 0) is 9.53 Å². The van der Waals surface area contributed by atoms with E-state index in [-0.39, 0.29) is 0 Å². The molecule has 0 spiro atoms. The highest BCUT2D eigenvalue weighted by molar-refractivity contribution is 5.82. The number of ether oxygens (including phenoxy) is 2. The molecule has 0 aromatic heterocycles. The molecule has 1 unspecified atom stereocenters. The number of aryl methyl sites for hydroxylation is 1. The monoisotopic (exact) mass is 219 g/mol. The number of methoxy groups -OCH3 is 2. The minimum Gasteiger partial charge on any atom is -0.496 e. The summed E-state index contributed by atoms with van der Waals surface area (Å²) in [6.45, 7) is 1.88. The molecule has 0 bridgehead atoms. The molecule has 0 fully saturated rings. The second kappa shape index (κ2) is 5.17. The van der Waals surface area contributed by atoms with E-state index in [2.05, 4.69) is 4.74 Å². The highest BCUT2D eigenvalue weighted by atomic mass is 16.5. The smallest absolute Gasteiger partial charge is 0.327 e. The molecular weight excluding hydrogens is 206 g/mol. The number of nitrogens with zero attached hydrogens (tertiary/aromatic N) is 1. The number of carbonyl (C=O) groups excluding carboxylic acids is 1. The molecule has 0 aliphatic carbocycles. The summed E-state index contributed by atoms with van der Waals surface area (Å²) in [5.41, 5.74) is 1.50. The van der Waals surface area contributed by atoms with Crippen LogP contribution < -0.4 is 4.74 Å². The van der Waals surface area contributed by atoms with E-state index in [0.717, 1.165) is 5.56 Å². The van der Waals surface area contributed by atoms with Gasteiger partial charge in [0.05, 0.1) is 20.3 Å². The molecule has 0 radical (unpaired) electrons. The van der Waals surface area contributed by atoms with E-state index in [1.165, 1.54) is 14.2 Å². The summed E-state index contributed by atoms with van der Waals surface area (Å²) < 4.78 is 9.70. The van der Waals surface area contributed by atoms with Crippen LogP contribution in [-0.4, -0.2) is 20.2 Å². The van der Waals surface area contributed by atoms with Gasteiger partial charge in [0.15, 0.2) is 5.92 Å². The van der Waals surface area contributed by atoms with E-state index in [1.807, 2.05) is 19.1 Å². The summed E-state index contributed by atoms with van der Waals surface area (Å²) in [6, 6.07) is 7.26. The normalized spacial score (nSPS) is 11.4. The zero-order valence-electron chi connectivity index (χ0n) is 9.48. The van der Waals surface area contributed by atoms with Crippen molar-refractivity contribution >= 4 is 5.97 Å². The standard InChI is InChI=1S/C12H13NO3/c1-8-4-5-11(15-2)9(6-8)10(7-13)12(14)16-3/h4-6,10H,1-3H3. The largest absolute Gasteiger partial charge is 0.496 e. The Labute approximate surface area is 94.4 Å². The van der Waals surface area contributed by atoms with Crippen molar-refractivity contribution in [2.24, 2.45) is 0 Å². The van der Waals surface area contributed by atoms with Gasteiger partial charge in [0, 0.05) is 5.56 Å². The predicted molar refractivity (Wildman–Crippen MR) is 58.1 cm³/mol. The number of benzene rings is 1. The van der Waals surface area contributed by atoms with Gasteiger partial charge >= 0.3 is 5.97 Å². The Morgan fingerprint density at radius 1 is 1.44 bits per heavy atom. The number of nitriles is 1. The predicted octanol–water partition coefficient (Wildman–Crippen LogP) is 1.78. The molecule has 84 valence electrons. The van der Waals surface area contributed by atoms with Gasteiger partial charge in [0.25, 0.3) is 0 Å². The number of esters is 1. The Kier molecular flexibility index (Phi) is 3.90. The van der Waals surface area contributed by atoms with E-state index in [1.54, 1.807) is 12.1 Å². The molecule has 1 rings (SSSR count). The molecule has 16 heavy (non-hydrogen) atoms. The van der Waals surface area contributed by atoms with E-state index >= 15 is 0 Å². The van der Waals surface area contributed by atoms with E-state index in [9.17, 15) is 4.79 Å². The van der Waals surface area contributed by atoms with Gasteiger partial charge in [-0.05, 0) is 13.0 Å².